The van der Waals surface area contributed by atoms with Crippen LogP contribution in [0, 0.1) is 0 Å². The zero-order chi connectivity index (χ0) is 14.0. The van der Waals surface area contributed by atoms with Crippen LogP contribution in [-0.4, -0.2) is 5.11 Å². The van der Waals surface area contributed by atoms with Crippen molar-refractivity contribution in [3.63, 3.8) is 0 Å². The van der Waals surface area contributed by atoms with Gasteiger partial charge in [0.05, 0.1) is 0 Å². The number of hydrogen-bond acceptors (Lipinski definition) is 2. The van der Waals surface area contributed by atoms with Gasteiger partial charge in [0.15, 0.2) is 0 Å². The third-order valence-corrected chi connectivity index (χ3v) is 4.31. The first kappa shape index (κ1) is 14.1. The summed E-state index contributed by atoms with van der Waals surface area (Å²) < 4.78 is 0. The Hall–Kier alpha value is -1.28. The van der Waals surface area contributed by atoms with E-state index in [2.05, 4.69) is 57.3 Å². The average molecular weight is 274 g/mol. The van der Waals surface area contributed by atoms with Crippen LogP contribution in [0.25, 0.3) is 0 Å². The number of phenols is 1. The Balaban J connectivity index is 2.44. The largest absolute Gasteiger partial charge is 0.507 e. The van der Waals surface area contributed by atoms with E-state index >= 15 is 0 Å². The third-order valence-electron chi connectivity index (χ3n) is 3.43. The first-order chi connectivity index (χ1) is 8.99. The van der Waals surface area contributed by atoms with Gasteiger partial charge in [0.2, 0.25) is 0 Å². The van der Waals surface area contributed by atoms with E-state index < -0.39 is 0 Å². The molecule has 1 aromatic heterocycles. The lowest BCUT2D eigenvalue weighted by molar-refractivity contribution is 0.454. The summed E-state index contributed by atoms with van der Waals surface area (Å²) in [5.41, 5.74) is 3.43. The minimum absolute atomic E-state index is 0.348. The lowest BCUT2D eigenvalue weighted by Crippen LogP contribution is -1.99. The smallest absolute Gasteiger partial charge is 0.122 e. The highest BCUT2D eigenvalue weighted by Crippen LogP contribution is 2.35. The molecule has 0 radical (unpaired) electrons. The van der Waals surface area contributed by atoms with E-state index in [4.69, 9.17) is 0 Å². The molecule has 19 heavy (non-hydrogen) atoms. The SMILES string of the molecule is CC(C)c1cc(Cc2cccs2)cc(C(C)C)c1O. The molecule has 2 rings (SSSR count). The summed E-state index contributed by atoms with van der Waals surface area (Å²) >= 11 is 1.79. The first-order valence-electron chi connectivity index (χ1n) is 6.87. The van der Waals surface area contributed by atoms with Crippen molar-refractivity contribution in [2.75, 3.05) is 0 Å². The van der Waals surface area contributed by atoms with Crippen LogP contribution in [0.15, 0.2) is 29.6 Å². The predicted octanol–water partition coefficient (Wildman–Crippen LogP) is 5.29. The number of aromatic hydroxyl groups is 1. The quantitative estimate of drug-likeness (QED) is 0.803. The van der Waals surface area contributed by atoms with Gasteiger partial charge in [-0.05, 0) is 40.0 Å². The van der Waals surface area contributed by atoms with Crippen molar-refractivity contribution in [1.29, 1.82) is 0 Å². The molecule has 0 fully saturated rings. The first-order valence-corrected chi connectivity index (χ1v) is 7.75. The Morgan fingerprint density at radius 2 is 1.63 bits per heavy atom. The van der Waals surface area contributed by atoms with E-state index in [0.717, 1.165) is 17.5 Å². The molecule has 1 N–H and O–H groups in total. The van der Waals surface area contributed by atoms with E-state index in [9.17, 15) is 5.11 Å². The van der Waals surface area contributed by atoms with Crippen LogP contribution >= 0.6 is 11.3 Å². The standard InChI is InChI=1S/C17H22OS/c1-11(2)15-9-13(8-14-6-5-7-19-14)10-16(12(3)4)17(15)18/h5-7,9-12,18H,8H2,1-4H3. The number of thiophene rings is 1. The van der Waals surface area contributed by atoms with Gasteiger partial charge in [-0.3, -0.25) is 0 Å². The third kappa shape index (κ3) is 3.19. The van der Waals surface area contributed by atoms with Gasteiger partial charge in [0.25, 0.3) is 0 Å². The van der Waals surface area contributed by atoms with Crippen molar-refractivity contribution in [3.05, 3.63) is 51.2 Å². The van der Waals surface area contributed by atoms with Crippen LogP contribution in [0.3, 0.4) is 0 Å². The van der Waals surface area contributed by atoms with E-state index in [0.29, 0.717) is 17.6 Å². The monoisotopic (exact) mass is 274 g/mol. The van der Waals surface area contributed by atoms with Crippen LogP contribution in [0.1, 0.15) is 61.1 Å². The topological polar surface area (TPSA) is 20.2 Å². The van der Waals surface area contributed by atoms with Gasteiger partial charge in [-0.15, -0.1) is 11.3 Å². The molecular weight excluding hydrogens is 252 g/mol. The molecule has 0 aliphatic carbocycles. The fourth-order valence-electron chi connectivity index (χ4n) is 2.34. The molecule has 1 nitrogen and oxygen atoms in total. The molecule has 2 heteroatoms. The van der Waals surface area contributed by atoms with Gasteiger partial charge in [-0.2, -0.15) is 0 Å². The van der Waals surface area contributed by atoms with Crippen molar-refractivity contribution in [2.45, 2.75) is 46.0 Å². The molecule has 0 bridgehead atoms. The predicted molar refractivity (Wildman–Crippen MR) is 83.4 cm³/mol. The summed E-state index contributed by atoms with van der Waals surface area (Å²) in [5, 5.41) is 12.5. The summed E-state index contributed by atoms with van der Waals surface area (Å²) in [6.07, 6.45) is 0.956. The normalized spacial score (nSPS) is 11.5. The molecule has 0 aliphatic heterocycles. The summed E-state index contributed by atoms with van der Waals surface area (Å²) in [6, 6.07) is 8.58. The second kappa shape index (κ2) is 5.79. The van der Waals surface area contributed by atoms with E-state index in [1.165, 1.54) is 10.4 Å². The summed E-state index contributed by atoms with van der Waals surface area (Å²) in [4.78, 5) is 1.37. The Bertz CT molecular complexity index is 509. The maximum Gasteiger partial charge on any atom is 0.122 e. The molecule has 0 amide bonds. The van der Waals surface area contributed by atoms with Crippen molar-refractivity contribution < 1.29 is 5.11 Å². The summed E-state index contributed by atoms with van der Waals surface area (Å²) in [7, 11) is 0. The maximum atomic E-state index is 10.4. The maximum absolute atomic E-state index is 10.4. The second-order valence-corrected chi connectivity index (χ2v) is 6.72. The average Bonchev–Trinajstić information content (AvgIpc) is 2.83. The Morgan fingerprint density at radius 1 is 1.05 bits per heavy atom. The molecule has 0 spiro atoms. The molecular formula is C17H22OS. The second-order valence-electron chi connectivity index (χ2n) is 5.69. The van der Waals surface area contributed by atoms with Gasteiger partial charge in [0.1, 0.15) is 5.75 Å². The van der Waals surface area contributed by atoms with E-state index in [-0.39, 0.29) is 0 Å². The van der Waals surface area contributed by atoms with Crippen molar-refractivity contribution in [3.8, 4) is 5.75 Å². The Labute approximate surface area is 119 Å². The molecule has 2 aromatic rings. The van der Waals surface area contributed by atoms with Crippen molar-refractivity contribution in [1.82, 2.24) is 0 Å². The highest BCUT2D eigenvalue weighted by atomic mass is 32.1. The highest BCUT2D eigenvalue weighted by Gasteiger charge is 2.15. The number of hydrogen-bond donors (Lipinski definition) is 1. The highest BCUT2D eigenvalue weighted by molar-refractivity contribution is 7.09. The molecule has 0 atom stereocenters. The molecule has 0 aliphatic rings. The van der Waals surface area contributed by atoms with Gasteiger partial charge < -0.3 is 5.11 Å². The van der Waals surface area contributed by atoms with Crippen LogP contribution in [0.2, 0.25) is 0 Å². The van der Waals surface area contributed by atoms with Gasteiger partial charge >= 0.3 is 0 Å². The molecule has 0 unspecified atom stereocenters. The minimum Gasteiger partial charge on any atom is -0.507 e. The zero-order valence-corrected chi connectivity index (χ0v) is 12.9. The van der Waals surface area contributed by atoms with Crippen molar-refractivity contribution in [2.24, 2.45) is 0 Å². The van der Waals surface area contributed by atoms with Crippen LogP contribution in [0.5, 0.6) is 5.75 Å². The van der Waals surface area contributed by atoms with Crippen LogP contribution in [-0.2, 0) is 6.42 Å². The van der Waals surface area contributed by atoms with Gasteiger partial charge in [0, 0.05) is 11.3 Å². The summed E-state index contributed by atoms with van der Waals surface area (Å²) in [6.45, 7) is 8.53. The van der Waals surface area contributed by atoms with Crippen LogP contribution in [0.4, 0.5) is 0 Å². The minimum atomic E-state index is 0.348. The van der Waals surface area contributed by atoms with Crippen molar-refractivity contribution >= 4 is 11.3 Å². The fourth-order valence-corrected chi connectivity index (χ4v) is 3.08. The lowest BCUT2D eigenvalue weighted by Gasteiger charge is -2.17. The molecule has 0 saturated heterocycles. The summed E-state index contributed by atoms with van der Waals surface area (Å²) in [5.74, 6) is 1.18. The lowest BCUT2D eigenvalue weighted by atomic mass is 9.90. The van der Waals surface area contributed by atoms with E-state index in [1.54, 1.807) is 11.3 Å². The molecule has 0 saturated carbocycles. The molecule has 1 aromatic carbocycles. The number of benzene rings is 1. The van der Waals surface area contributed by atoms with Gasteiger partial charge in [-0.25, -0.2) is 0 Å². The van der Waals surface area contributed by atoms with Gasteiger partial charge in [-0.1, -0.05) is 45.9 Å². The number of phenolic OH excluding ortho intramolecular Hbond substituents is 1. The molecule has 1 heterocycles. The molecule has 102 valence electrons. The zero-order valence-electron chi connectivity index (χ0n) is 12.1. The van der Waals surface area contributed by atoms with Crippen LogP contribution < -0.4 is 0 Å². The Morgan fingerprint density at radius 3 is 2.05 bits per heavy atom. The fraction of sp³-hybridized carbons (Fsp3) is 0.412. The van der Waals surface area contributed by atoms with E-state index in [1.807, 2.05) is 0 Å². The number of rotatable bonds is 4. The Kier molecular flexibility index (Phi) is 4.31.